The average Bonchev–Trinajstić information content (AvgIpc) is 2.94. The van der Waals surface area contributed by atoms with Crippen LogP contribution >= 0.6 is 0 Å². The van der Waals surface area contributed by atoms with Gasteiger partial charge in [0.15, 0.2) is 0 Å². The van der Waals surface area contributed by atoms with Crippen LogP contribution < -0.4 is 0 Å². The third kappa shape index (κ3) is 3.33. The summed E-state index contributed by atoms with van der Waals surface area (Å²) in [7, 11) is 0. The summed E-state index contributed by atoms with van der Waals surface area (Å²) in [5.74, 6) is 0. The molecule has 3 rings (SSSR count). The second kappa shape index (κ2) is 6.78. The Morgan fingerprint density at radius 2 is 2.00 bits per heavy atom. The molecule has 1 saturated heterocycles. The third-order valence-electron chi connectivity index (χ3n) is 5.14. The highest BCUT2D eigenvalue weighted by molar-refractivity contribution is 5.39. The van der Waals surface area contributed by atoms with Gasteiger partial charge in [0.2, 0.25) is 0 Å². The first-order chi connectivity index (χ1) is 10.7. The summed E-state index contributed by atoms with van der Waals surface area (Å²) in [5.41, 5.74) is 3.11. The molecule has 22 heavy (non-hydrogen) atoms. The van der Waals surface area contributed by atoms with Gasteiger partial charge in [-0.2, -0.15) is 5.26 Å². The van der Waals surface area contributed by atoms with E-state index < -0.39 is 0 Å². The van der Waals surface area contributed by atoms with Gasteiger partial charge in [0.1, 0.15) is 0 Å². The Bertz CT molecular complexity index is 558. The van der Waals surface area contributed by atoms with Crippen molar-refractivity contribution in [3.63, 3.8) is 0 Å². The lowest BCUT2D eigenvalue weighted by molar-refractivity contribution is 0.0336. The number of nitriles is 1. The van der Waals surface area contributed by atoms with E-state index in [0.717, 1.165) is 63.1 Å². The molecule has 0 spiro atoms. The van der Waals surface area contributed by atoms with Crippen molar-refractivity contribution in [2.45, 2.75) is 44.9 Å². The molecule has 2 aliphatic rings. The first-order valence-corrected chi connectivity index (χ1v) is 8.31. The summed E-state index contributed by atoms with van der Waals surface area (Å²) in [4.78, 5) is 4.94. The molecule has 2 fully saturated rings. The maximum Gasteiger partial charge on any atom is 0.0994 e. The molecular weight excluding hydrogens is 274 g/mol. The van der Waals surface area contributed by atoms with E-state index in [1.54, 1.807) is 0 Å². The minimum atomic E-state index is -0.118. The van der Waals surface area contributed by atoms with Gasteiger partial charge >= 0.3 is 0 Å². The predicted octanol–water partition coefficient (Wildman–Crippen LogP) is 1.90. The molecule has 0 bridgehead atoms. The van der Waals surface area contributed by atoms with Crippen molar-refractivity contribution in [1.29, 1.82) is 5.26 Å². The Hall–Kier alpha value is -1.41. The molecule has 2 atom stereocenters. The fourth-order valence-electron chi connectivity index (χ4n) is 3.81. The molecule has 2 unspecified atom stereocenters. The zero-order chi connectivity index (χ0) is 15.5. The van der Waals surface area contributed by atoms with E-state index in [2.05, 4.69) is 28.0 Å². The number of rotatable bonds is 3. The zero-order valence-corrected chi connectivity index (χ0v) is 13.3. The van der Waals surface area contributed by atoms with E-state index in [4.69, 9.17) is 5.26 Å². The summed E-state index contributed by atoms with van der Waals surface area (Å²) in [6.45, 7) is 7.17. The van der Waals surface area contributed by atoms with Gasteiger partial charge in [0.25, 0.3) is 0 Å². The van der Waals surface area contributed by atoms with Crippen LogP contribution in [0.5, 0.6) is 0 Å². The Labute approximate surface area is 133 Å². The molecule has 1 aliphatic heterocycles. The number of aliphatic hydroxyl groups excluding tert-OH is 1. The number of aryl methyl sites for hydroxylation is 1. The molecule has 118 valence electrons. The third-order valence-corrected chi connectivity index (χ3v) is 5.14. The monoisotopic (exact) mass is 299 g/mol. The Kier molecular flexibility index (Phi) is 4.77. The lowest BCUT2D eigenvalue weighted by Crippen LogP contribution is -2.51. The van der Waals surface area contributed by atoms with Crippen molar-refractivity contribution in [3.05, 3.63) is 34.9 Å². The molecule has 0 aromatic heterocycles. The summed E-state index contributed by atoms with van der Waals surface area (Å²) in [5, 5.41) is 19.0. The number of hydrogen-bond acceptors (Lipinski definition) is 4. The molecular formula is C18H25N3O. The highest BCUT2D eigenvalue weighted by atomic mass is 16.3. The fourth-order valence-corrected chi connectivity index (χ4v) is 3.81. The molecule has 1 aliphatic carbocycles. The van der Waals surface area contributed by atoms with E-state index >= 15 is 0 Å². The van der Waals surface area contributed by atoms with Crippen LogP contribution in [-0.4, -0.2) is 53.2 Å². The Balaban J connectivity index is 1.54. The SMILES string of the molecule is Cc1cc(CN2CCN(C3CCCC3O)CC2)ccc1C#N. The standard InChI is InChI=1S/C18H25N3O/c1-14-11-15(5-6-16(14)12-19)13-20-7-9-21(10-8-20)17-3-2-4-18(17)22/h5-6,11,17-18,22H,2-4,7-10,13H2,1H3. The normalized spacial score (nSPS) is 27.0. The highest BCUT2D eigenvalue weighted by Gasteiger charge is 2.32. The highest BCUT2D eigenvalue weighted by Crippen LogP contribution is 2.25. The molecule has 1 saturated carbocycles. The quantitative estimate of drug-likeness (QED) is 0.926. The molecule has 4 heteroatoms. The second-order valence-electron chi connectivity index (χ2n) is 6.64. The minimum absolute atomic E-state index is 0.118. The number of hydrogen-bond donors (Lipinski definition) is 1. The first kappa shape index (κ1) is 15.5. The molecule has 1 N–H and O–H groups in total. The van der Waals surface area contributed by atoms with E-state index in [1.807, 2.05) is 13.0 Å². The van der Waals surface area contributed by atoms with Gasteiger partial charge in [0.05, 0.1) is 17.7 Å². The predicted molar refractivity (Wildman–Crippen MR) is 86.4 cm³/mol. The second-order valence-corrected chi connectivity index (χ2v) is 6.64. The molecule has 1 aromatic rings. The van der Waals surface area contributed by atoms with Gasteiger partial charge in [-0.15, -0.1) is 0 Å². The Morgan fingerprint density at radius 1 is 1.23 bits per heavy atom. The summed E-state index contributed by atoms with van der Waals surface area (Å²) in [6.07, 6.45) is 3.16. The maximum absolute atomic E-state index is 10.0. The van der Waals surface area contributed by atoms with Crippen molar-refractivity contribution >= 4 is 0 Å². The van der Waals surface area contributed by atoms with Gasteiger partial charge in [-0.1, -0.05) is 12.1 Å². The molecule has 0 radical (unpaired) electrons. The molecule has 4 nitrogen and oxygen atoms in total. The van der Waals surface area contributed by atoms with Crippen molar-refractivity contribution in [2.24, 2.45) is 0 Å². The van der Waals surface area contributed by atoms with E-state index in [9.17, 15) is 5.11 Å². The largest absolute Gasteiger partial charge is 0.391 e. The van der Waals surface area contributed by atoms with Gasteiger partial charge in [-0.25, -0.2) is 0 Å². The number of benzene rings is 1. The average molecular weight is 299 g/mol. The van der Waals surface area contributed by atoms with Crippen LogP contribution in [-0.2, 0) is 6.54 Å². The molecule has 1 aromatic carbocycles. The summed E-state index contributed by atoms with van der Waals surface area (Å²) in [6, 6.07) is 8.74. The van der Waals surface area contributed by atoms with Crippen molar-refractivity contribution in [2.75, 3.05) is 26.2 Å². The first-order valence-electron chi connectivity index (χ1n) is 8.31. The summed E-state index contributed by atoms with van der Waals surface area (Å²) < 4.78 is 0. The van der Waals surface area contributed by atoms with Crippen LogP contribution in [0, 0.1) is 18.3 Å². The van der Waals surface area contributed by atoms with Crippen LogP contribution in [0.15, 0.2) is 18.2 Å². The molecule has 1 heterocycles. The lowest BCUT2D eigenvalue weighted by Gasteiger charge is -2.39. The zero-order valence-electron chi connectivity index (χ0n) is 13.3. The molecule has 0 amide bonds. The van der Waals surface area contributed by atoms with Gasteiger partial charge < -0.3 is 5.11 Å². The smallest absolute Gasteiger partial charge is 0.0994 e. The van der Waals surface area contributed by atoms with Crippen LogP contribution in [0.3, 0.4) is 0 Å². The minimum Gasteiger partial charge on any atom is -0.391 e. The number of piperazine rings is 1. The lowest BCUT2D eigenvalue weighted by atomic mass is 10.1. The van der Waals surface area contributed by atoms with Crippen molar-refractivity contribution < 1.29 is 5.11 Å². The van der Waals surface area contributed by atoms with Crippen LogP contribution in [0.1, 0.15) is 36.0 Å². The van der Waals surface area contributed by atoms with Crippen molar-refractivity contribution in [1.82, 2.24) is 9.80 Å². The van der Waals surface area contributed by atoms with E-state index in [-0.39, 0.29) is 6.10 Å². The topological polar surface area (TPSA) is 50.5 Å². The maximum atomic E-state index is 10.0. The Morgan fingerprint density at radius 3 is 2.59 bits per heavy atom. The summed E-state index contributed by atoms with van der Waals surface area (Å²) >= 11 is 0. The fraction of sp³-hybridized carbons (Fsp3) is 0.611. The van der Waals surface area contributed by atoms with Crippen molar-refractivity contribution in [3.8, 4) is 6.07 Å². The van der Waals surface area contributed by atoms with E-state index in [1.165, 1.54) is 5.56 Å². The van der Waals surface area contributed by atoms with Gasteiger partial charge in [0, 0.05) is 38.8 Å². The van der Waals surface area contributed by atoms with E-state index in [0.29, 0.717) is 6.04 Å². The van der Waals surface area contributed by atoms with Crippen LogP contribution in [0.2, 0.25) is 0 Å². The van der Waals surface area contributed by atoms with Crippen LogP contribution in [0.25, 0.3) is 0 Å². The van der Waals surface area contributed by atoms with Gasteiger partial charge in [-0.3, -0.25) is 9.80 Å². The van der Waals surface area contributed by atoms with Gasteiger partial charge in [-0.05, 0) is 43.4 Å². The van der Waals surface area contributed by atoms with Crippen LogP contribution in [0.4, 0.5) is 0 Å². The number of nitrogens with zero attached hydrogens (tertiary/aromatic N) is 3. The number of aliphatic hydroxyl groups is 1.